The van der Waals surface area contributed by atoms with Gasteiger partial charge in [-0.3, -0.25) is 9.78 Å². The van der Waals surface area contributed by atoms with E-state index in [-0.39, 0.29) is 12.5 Å². The molecule has 1 aromatic heterocycles. The number of aliphatic hydroxyl groups excluding tert-OH is 1. The first-order chi connectivity index (χ1) is 11.8. The van der Waals surface area contributed by atoms with Crippen molar-refractivity contribution in [3.8, 4) is 0 Å². The van der Waals surface area contributed by atoms with Gasteiger partial charge in [-0.05, 0) is 17.4 Å². The third-order valence-corrected chi connectivity index (χ3v) is 4.07. The summed E-state index contributed by atoms with van der Waals surface area (Å²) in [6.45, 7) is 0.820. The fourth-order valence-electron chi connectivity index (χ4n) is 2.80. The summed E-state index contributed by atoms with van der Waals surface area (Å²) in [7, 11) is 0. The van der Waals surface area contributed by atoms with Crippen LogP contribution in [0, 0.1) is 0 Å². The van der Waals surface area contributed by atoms with Crippen molar-refractivity contribution >= 4 is 16.7 Å². The SMILES string of the molecule is O=C(c1cncc2ccccc12)N(CCO)CCc1ccccc1. The second kappa shape index (κ2) is 7.70. The van der Waals surface area contributed by atoms with E-state index in [0.717, 1.165) is 17.2 Å². The molecule has 0 aliphatic rings. The van der Waals surface area contributed by atoms with E-state index in [4.69, 9.17) is 0 Å². The topological polar surface area (TPSA) is 53.4 Å². The number of aliphatic hydroxyl groups is 1. The molecule has 3 rings (SSSR count). The van der Waals surface area contributed by atoms with Crippen LogP contribution in [0.5, 0.6) is 0 Å². The van der Waals surface area contributed by atoms with Crippen LogP contribution < -0.4 is 0 Å². The van der Waals surface area contributed by atoms with Crippen molar-refractivity contribution in [2.75, 3.05) is 19.7 Å². The molecule has 0 atom stereocenters. The average Bonchev–Trinajstić information content (AvgIpc) is 2.65. The smallest absolute Gasteiger partial charge is 0.256 e. The third-order valence-electron chi connectivity index (χ3n) is 4.07. The lowest BCUT2D eigenvalue weighted by atomic mass is 10.1. The molecule has 2 aromatic carbocycles. The van der Waals surface area contributed by atoms with Crippen LogP contribution in [-0.4, -0.2) is 40.6 Å². The summed E-state index contributed by atoms with van der Waals surface area (Å²) in [6.07, 6.45) is 4.12. The first-order valence-corrected chi connectivity index (χ1v) is 8.06. The quantitative estimate of drug-likeness (QED) is 0.760. The first kappa shape index (κ1) is 16.1. The summed E-state index contributed by atoms with van der Waals surface area (Å²) in [4.78, 5) is 18.8. The Labute approximate surface area is 141 Å². The highest BCUT2D eigenvalue weighted by atomic mass is 16.3. The maximum atomic E-state index is 12.9. The van der Waals surface area contributed by atoms with Crippen molar-refractivity contribution in [3.05, 3.63) is 78.1 Å². The molecule has 4 heteroatoms. The molecule has 0 saturated carbocycles. The second-order valence-corrected chi connectivity index (χ2v) is 5.66. The van der Waals surface area contributed by atoms with E-state index in [1.165, 1.54) is 5.56 Å². The fraction of sp³-hybridized carbons (Fsp3) is 0.200. The van der Waals surface area contributed by atoms with Crippen molar-refractivity contribution in [1.82, 2.24) is 9.88 Å². The summed E-state index contributed by atoms with van der Waals surface area (Å²) in [6, 6.07) is 17.8. The van der Waals surface area contributed by atoms with E-state index in [9.17, 15) is 9.90 Å². The van der Waals surface area contributed by atoms with Crippen molar-refractivity contribution < 1.29 is 9.90 Å². The van der Waals surface area contributed by atoms with Gasteiger partial charge in [0, 0.05) is 30.9 Å². The molecule has 0 unspecified atom stereocenters. The number of nitrogens with zero attached hydrogens (tertiary/aromatic N) is 2. The van der Waals surface area contributed by atoms with Crippen molar-refractivity contribution in [3.63, 3.8) is 0 Å². The maximum absolute atomic E-state index is 12.9. The Morgan fingerprint density at radius 1 is 0.958 bits per heavy atom. The molecule has 0 bridgehead atoms. The van der Waals surface area contributed by atoms with Gasteiger partial charge >= 0.3 is 0 Å². The van der Waals surface area contributed by atoms with Crippen molar-refractivity contribution in [1.29, 1.82) is 0 Å². The predicted molar refractivity (Wildman–Crippen MR) is 94.9 cm³/mol. The standard InChI is InChI=1S/C20H20N2O2/c23-13-12-22(11-10-16-6-2-1-3-7-16)20(24)19-15-21-14-17-8-4-5-9-18(17)19/h1-9,14-15,23H,10-13H2. The number of aromatic nitrogens is 1. The fourth-order valence-corrected chi connectivity index (χ4v) is 2.80. The number of hydrogen-bond donors (Lipinski definition) is 1. The van der Waals surface area contributed by atoms with Gasteiger partial charge in [-0.2, -0.15) is 0 Å². The Hall–Kier alpha value is -2.72. The number of pyridine rings is 1. The van der Waals surface area contributed by atoms with Crippen LogP contribution in [-0.2, 0) is 6.42 Å². The molecule has 0 aliphatic heterocycles. The molecular weight excluding hydrogens is 300 g/mol. The lowest BCUT2D eigenvalue weighted by Gasteiger charge is -2.22. The molecule has 0 radical (unpaired) electrons. The number of rotatable bonds is 6. The van der Waals surface area contributed by atoms with E-state index in [2.05, 4.69) is 4.98 Å². The van der Waals surface area contributed by atoms with Crippen LogP contribution in [0.25, 0.3) is 10.8 Å². The highest BCUT2D eigenvalue weighted by Gasteiger charge is 2.18. The number of carbonyl (C=O) groups excluding carboxylic acids is 1. The maximum Gasteiger partial charge on any atom is 0.256 e. The summed E-state index contributed by atoms with van der Waals surface area (Å²) in [5.74, 6) is -0.0933. The molecule has 3 aromatic rings. The minimum Gasteiger partial charge on any atom is -0.395 e. The summed E-state index contributed by atoms with van der Waals surface area (Å²) < 4.78 is 0. The van der Waals surface area contributed by atoms with Crippen LogP contribution in [0.3, 0.4) is 0 Å². The second-order valence-electron chi connectivity index (χ2n) is 5.66. The van der Waals surface area contributed by atoms with Crippen LogP contribution in [0.15, 0.2) is 67.0 Å². The molecule has 24 heavy (non-hydrogen) atoms. The van der Waals surface area contributed by atoms with Gasteiger partial charge in [0.15, 0.2) is 0 Å². The Bertz CT molecular complexity index is 813. The van der Waals surface area contributed by atoms with Gasteiger partial charge in [0.25, 0.3) is 5.91 Å². The molecule has 122 valence electrons. The molecule has 1 heterocycles. The zero-order chi connectivity index (χ0) is 16.8. The number of fused-ring (bicyclic) bond motifs is 1. The molecular formula is C20H20N2O2. The predicted octanol–water partition coefficient (Wildman–Crippen LogP) is 2.91. The van der Waals surface area contributed by atoms with E-state index in [1.54, 1.807) is 17.3 Å². The van der Waals surface area contributed by atoms with Gasteiger partial charge in [0.2, 0.25) is 0 Å². The molecule has 0 aliphatic carbocycles. The van der Waals surface area contributed by atoms with Crippen LogP contribution in [0.1, 0.15) is 15.9 Å². The lowest BCUT2D eigenvalue weighted by Crippen LogP contribution is -2.35. The summed E-state index contributed by atoms with van der Waals surface area (Å²) >= 11 is 0. The van der Waals surface area contributed by atoms with E-state index in [1.807, 2.05) is 54.6 Å². The van der Waals surface area contributed by atoms with Crippen molar-refractivity contribution in [2.45, 2.75) is 6.42 Å². The lowest BCUT2D eigenvalue weighted by molar-refractivity contribution is 0.0725. The Morgan fingerprint density at radius 2 is 1.71 bits per heavy atom. The number of carbonyl (C=O) groups is 1. The van der Waals surface area contributed by atoms with Crippen LogP contribution in [0.2, 0.25) is 0 Å². The number of benzene rings is 2. The highest BCUT2D eigenvalue weighted by Crippen LogP contribution is 2.19. The zero-order valence-corrected chi connectivity index (χ0v) is 13.4. The summed E-state index contributed by atoms with van der Waals surface area (Å²) in [5.41, 5.74) is 1.75. The van der Waals surface area contributed by atoms with Gasteiger partial charge < -0.3 is 10.0 Å². The van der Waals surface area contributed by atoms with E-state index >= 15 is 0 Å². The summed E-state index contributed by atoms with van der Waals surface area (Å²) in [5, 5.41) is 11.2. The third kappa shape index (κ3) is 3.60. The highest BCUT2D eigenvalue weighted by molar-refractivity contribution is 6.06. The van der Waals surface area contributed by atoms with E-state index in [0.29, 0.717) is 18.7 Å². The zero-order valence-electron chi connectivity index (χ0n) is 13.4. The van der Waals surface area contributed by atoms with Crippen molar-refractivity contribution in [2.24, 2.45) is 0 Å². The van der Waals surface area contributed by atoms with Crippen LogP contribution in [0.4, 0.5) is 0 Å². The molecule has 1 N–H and O–H groups in total. The molecule has 0 saturated heterocycles. The average molecular weight is 320 g/mol. The van der Waals surface area contributed by atoms with Crippen LogP contribution >= 0.6 is 0 Å². The number of amides is 1. The molecule has 1 amide bonds. The van der Waals surface area contributed by atoms with Gasteiger partial charge in [0.05, 0.1) is 12.2 Å². The van der Waals surface area contributed by atoms with Gasteiger partial charge in [-0.1, -0.05) is 54.6 Å². The Kier molecular flexibility index (Phi) is 5.18. The Morgan fingerprint density at radius 3 is 2.50 bits per heavy atom. The first-order valence-electron chi connectivity index (χ1n) is 8.06. The molecule has 4 nitrogen and oxygen atoms in total. The molecule has 0 spiro atoms. The van der Waals surface area contributed by atoms with Gasteiger partial charge in [0.1, 0.15) is 0 Å². The minimum absolute atomic E-state index is 0.0568. The normalized spacial score (nSPS) is 10.7. The van der Waals surface area contributed by atoms with Gasteiger partial charge in [-0.15, -0.1) is 0 Å². The largest absolute Gasteiger partial charge is 0.395 e. The monoisotopic (exact) mass is 320 g/mol. The van der Waals surface area contributed by atoms with E-state index < -0.39 is 0 Å². The van der Waals surface area contributed by atoms with Gasteiger partial charge in [-0.25, -0.2) is 0 Å². The molecule has 0 fully saturated rings. The Balaban J connectivity index is 1.83. The minimum atomic E-state index is -0.0933. The number of hydrogen-bond acceptors (Lipinski definition) is 3.